The lowest BCUT2D eigenvalue weighted by atomic mass is 10.1. The molecule has 2 aromatic heterocycles. The summed E-state index contributed by atoms with van der Waals surface area (Å²) in [6, 6.07) is 17.5. The number of benzene rings is 2. The normalized spacial score (nSPS) is 10.9. The number of fused-ring (bicyclic) bond motifs is 1. The van der Waals surface area contributed by atoms with E-state index in [1.165, 1.54) is 18.3 Å². The molecule has 4 aromatic rings. The highest BCUT2D eigenvalue weighted by Gasteiger charge is 2.22. The molecule has 4 rings (SSSR count). The van der Waals surface area contributed by atoms with Crippen LogP contribution in [-0.2, 0) is 0 Å². The van der Waals surface area contributed by atoms with Crippen LogP contribution < -0.4 is 4.90 Å². The first-order valence-corrected chi connectivity index (χ1v) is 8.64. The van der Waals surface area contributed by atoms with E-state index in [4.69, 9.17) is 0 Å². The van der Waals surface area contributed by atoms with Gasteiger partial charge in [-0.15, -0.1) is 0 Å². The quantitative estimate of drug-likeness (QED) is 0.548. The highest BCUT2D eigenvalue weighted by Crippen LogP contribution is 2.23. The number of rotatable bonds is 4. The van der Waals surface area contributed by atoms with Gasteiger partial charge in [0.15, 0.2) is 5.65 Å². The van der Waals surface area contributed by atoms with Crippen molar-refractivity contribution in [2.24, 2.45) is 0 Å². The number of amides is 1. The van der Waals surface area contributed by atoms with E-state index in [1.54, 1.807) is 27.7 Å². The number of halogens is 1. The molecule has 1 amide bonds. The van der Waals surface area contributed by atoms with Gasteiger partial charge in [0.2, 0.25) is 0 Å². The van der Waals surface area contributed by atoms with Crippen molar-refractivity contribution < 1.29 is 9.18 Å². The SMILES string of the molecule is CCN(C(=O)c1cnn2c(-c3ccccc3)ccnc12)c1ccc(F)cc1. The molecule has 0 radical (unpaired) electrons. The molecular weight excluding hydrogens is 343 g/mol. The lowest BCUT2D eigenvalue weighted by molar-refractivity contribution is 0.0989. The van der Waals surface area contributed by atoms with Crippen molar-refractivity contribution in [2.45, 2.75) is 6.92 Å². The maximum absolute atomic E-state index is 13.2. The first kappa shape index (κ1) is 16.9. The molecule has 0 aliphatic heterocycles. The number of aromatic nitrogens is 3. The smallest absolute Gasteiger partial charge is 0.263 e. The van der Waals surface area contributed by atoms with E-state index >= 15 is 0 Å². The third-order valence-electron chi connectivity index (χ3n) is 4.40. The summed E-state index contributed by atoms with van der Waals surface area (Å²) in [5.41, 5.74) is 3.35. The van der Waals surface area contributed by atoms with E-state index in [1.807, 2.05) is 43.3 Å². The molecule has 27 heavy (non-hydrogen) atoms. The second-order valence-electron chi connectivity index (χ2n) is 6.02. The van der Waals surface area contributed by atoms with Crippen LogP contribution in [0.25, 0.3) is 16.9 Å². The molecule has 2 heterocycles. The maximum Gasteiger partial charge on any atom is 0.263 e. The molecule has 0 spiro atoms. The molecule has 0 N–H and O–H groups in total. The second-order valence-corrected chi connectivity index (χ2v) is 6.02. The summed E-state index contributed by atoms with van der Waals surface area (Å²) in [6.45, 7) is 2.32. The van der Waals surface area contributed by atoms with Crippen molar-refractivity contribution in [3.63, 3.8) is 0 Å². The summed E-state index contributed by atoms with van der Waals surface area (Å²) >= 11 is 0. The highest BCUT2D eigenvalue weighted by atomic mass is 19.1. The molecule has 0 saturated carbocycles. The summed E-state index contributed by atoms with van der Waals surface area (Å²) in [5, 5.41) is 4.39. The minimum Gasteiger partial charge on any atom is -0.308 e. The van der Waals surface area contributed by atoms with Crippen LogP contribution in [0, 0.1) is 5.82 Å². The fourth-order valence-corrected chi connectivity index (χ4v) is 3.08. The van der Waals surface area contributed by atoms with Crippen LogP contribution >= 0.6 is 0 Å². The van der Waals surface area contributed by atoms with E-state index in [2.05, 4.69) is 10.1 Å². The number of hydrogen-bond donors (Lipinski definition) is 0. The topological polar surface area (TPSA) is 50.5 Å². The average molecular weight is 360 g/mol. The van der Waals surface area contributed by atoms with Crippen LogP contribution in [-0.4, -0.2) is 27.0 Å². The average Bonchev–Trinajstić information content (AvgIpc) is 3.15. The maximum atomic E-state index is 13.2. The summed E-state index contributed by atoms with van der Waals surface area (Å²) in [5.74, 6) is -0.566. The molecule has 6 heteroatoms. The van der Waals surface area contributed by atoms with E-state index in [0.717, 1.165) is 11.3 Å². The fraction of sp³-hybridized carbons (Fsp3) is 0.0952. The minimum atomic E-state index is -0.340. The second kappa shape index (κ2) is 6.99. The van der Waals surface area contributed by atoms with Crippen LogP contribution in [0.15, 0.2) is 73.1 Å². The zero-order chi connectivity index (χ0) is 18.8. The van der Waals surface area contributed by atoms with E-state index < -0.39 is 0 Å². The van der Waals surface area contributed by atoms with Crippen LogP contribution in [0.2, 0.25) is 0 Å². The van der Waals surface area contributed by atoms with Crippen LogP contribution in [0.1, 0.15) is 17.3 Å². The van der Waals surface area contributed by atoms with Gasteiger partial charge < -0.3 is 4.90 Å². The molecule has 0 fully saturated rings. The van der Waals surface area contributed by atoms with Gasteiger partial charge in [0.05, 0.1) is 11.9 Å². The Balaban J connectivity index is 1.78. The molecule has 0 aliphatic rings. The number of carbonyl (C=O) groups excluding carboxylic acids is 1. The molecular formula is C21H17FN4O. The monoisotopic (exact) mass is 360 g/mol. The predicted octanol–water partition coefficient (Wildman–Crippen LogP) is 4.20. The predicted molar refractivity (Wildman–Crippen MR) is 102 cm³/mol. The van der Waals surface area contributed by atoms with Gasteiger partial charge >= 0.3 is 0 Å². The zero-order valence-electron chi connectivity index (χ0n) is 14.7. The summed E-state index contributed by atoms with van der Waals surface area (Å²) in [7, 11) is 0. The Morgan fingerprint density at radius 3 is 2.52 bits per heavy atom. The summed E-state index contributed by atoms with van der Waals surface area (Å²) in [4.78, 5) is 19.1. The lowest BCUT2D eigenvalue weighted by Crippen LogP contribution is -2.30. The first-order valence-electron chi connectivity index (χ1n) is 8.64. The van der Waals surface area contributed by atoms with Gasteiger partial charge in [-0.05, 0) is 37.3 Å². The van der Waals surface area contributed by atoms with E-state index in [-0.39, 0.29) is 11.7 Å². The standard InChI is InChI=1S/C21H17FN4O/c1-2-25(17-10-8-16(22)9-11-17)21(27)18-14-24-26-19(12-13-23-20(18)26)15-6-4-3-5-7-15/h3-14H,2H2,1H3. The van der Waals surface area contributed by atoms with E-state index in [0.29, 0.717) is 23.4 Å². The Morgan fingerprint density at radius 2 is 1.81 bits per heavy atom. The van der Waals surface area contributed by atoms with Crippen molar-refractivity contribution in [3.05, 3.63) is 84.4 Å². The van der Waals surface area contributed by atoms with Gasteiger partial charge in [-0.2, -0.15) is 5.10 Å². The Hall–Kier alpha value is -3.54. The number of hydrogen-bond acceptors (Lipinski definition) is 3. The molecule has 0 saturated heterocycles. The van der Waals surface area contributed by atoms with Gasteiger partial charge in [0, 0.05) is 24.0 Å². The number of nitrogens with zero attached hydrogens (tertiary/aromatic N) is 4. The van der Waals surface area contributed by atoms with Crippen molar-refractivity contribution in [1.82, 2.24) is 14.6 Å². The number of anilines is 1. The van der Waals surface area contributed by atoms with E-state index in [9.17, 15) is 9.18 Å². The molecule has 0 bridgehead atoms. The zero-order valence-corrected chi connectivity index (χ0v) is 14.7. The highest BCUT2D eigenvalue weighted by molar-refractivity contribution is 6.09. The van der Waals surface area contributed by atoms with Crippen molar-refractivity contribution >= 4 is 17.2 Å². The molecule has 134 valence electrons. The first-order chi connectivity index (χ1) is 13.2. The summed E-state index contributed by atoms with van der Waals surface area (Å²) < 4.78 is 14.9. The molecule has 0 atom stereocenters. The van der Waals surface area contributed by atoms with Gasteiger partial charge in [-0.3, -0.25) is 4.79 Å². The van der Waals surface area contributed by atoms with Crippen molar-refractivity contribution in [2.75, 3.05) is 11.4 Å². The largest absolute Gasteiger partial charge is 0.308 e. The van der Waals surface area contributed by atoms with Gasteiger partial charge in [-0.1, -0.05) is 30.3 Å². The molecule has 0 unspecified atom stereocenters. The molecule has 2 aromatic carbocycles. The van der Waals surface area contributed by atoms with Gasteiger partial charge in [-0.25, -0.2) is 13.9 Å². The minimum absolute atomic E-state index is 0.225. The Kier molecular flexibility index (Phi) is 4.38. The molecule has 5 nitrogen and oxygen atoms in total. The van der Waals surface area contributed by atoms with Crippen LogP contribution in [0.5, 0.6) is 0 Å². The lowest BCUT2D eigenvalue weighted by Gasteiger charge is -2.20. The Labute approximate surface area is 155 Å². The fourth-order valence-electron chi connectivity index (χ4n) is 3.08. The van der Waals surface area contributed by atoms with Crippen molar-refractivity contribution in [3.8, 4) is 11.3 Å². The van der Waals surface area contributed by atoms with Gasteiger partial charge in [0.25, 0.3) is 5.91 Å². The molecule has 0 aliphatic carbocycles. The van der Waals surface area contributed by atoms with Gasteiger partial charge in [0.1, 0.15) is 11.4 Å². The summed E-state index contributed by atoms with van der Waals surface area (Å²) in [6.07, 6.45) is 3.20. The van der Waals surface area contributed by atoms with Crippen LogP contribution in [0.3, 0.4) is 0 Å². The third-order valence-corrected chi connectivity index (χ3v) is 4.40. The third kappa shape index (κ3) is 3.06. The Morgan fingerprint density at radius 1 is 1.07 bits per heavy atom. The Bertz CT molecular complexity index is 1090. The van der Waals surface area contributed by atoms with Crippen LogP contribution in [0.4, 0.5) is 10.1 Å². The number of carbonyl (C=O) groups is 1. The van der Waals surface area contributed by atoms with Crippen molar-refractivity contribution in [1.29, 1.82) is 0 Å².